The smallest absolute Gasteiger partial charge is 0.221 e. The molecular formula is C19H31N3O. The van der Waals surface area contributed by atoms with Gasteiger partial charge in [0.2, 0.25) is 5.91 Å². The topological polar surface area (TPSA) is 68.0 Å². The maximum Gasteiger partial charge on any atom is 0.221 e. The highest BCUT2D eigenvalue weighted by Crippen LogP contribution is 2.38. The van der Waals surface area contributed by atoms with Crippen molar-refractivity contribution in [2.45, 2.75) is 65.3 Å². The van der Waals surface area contributed by atoms with Crippen LogP contribution in [0.2, 0.25) is 0 Å². The number of amides is 1. The van der Waals surface area contributed by atoms with Crippen molar-refractivity contribution in [3.63, 3.8) is 0 Å². The standard InChI is InChI=1S/C19H31N3O/c1-14(2)17(18-15(3)8-7-11-21-18)22-16(23)12-19(13-20)9-5-4-6-10-19/h7-8,11,14,17H,4-6,9-10,12-13,20H2,1-3H3,(H,22,23). The van der Waals surface area contributed by atoms with Crippen molar-refractivity contribution in [3.8, 4) is 0 Å². The fourth-order valence-corrected chi connectivity index (χ4v) is 3.69. The zero-order valence-corrected chi connectivity index (χ0v) is 14.8. The van der Waals surface area contributed by atoms with Crippen molar-refractivity contribution in [1.29, 1.82) is 0 Å². The van der Waals surface area contributed by atoms with Crippen molar-refractivity contribution in [2.24, 2.45) is 17.1 Å². The Labute approximate surface area is 140 Å². The molecule has 0 bridgehead atoms. The average molecular weight is 317 g/mol. The van der Waals surface area contributed by atoms with Gasteiger partial charge in [0.25, 0.3) is 0 Å². The summed E-state index contributed by atoms with van der Waals surface area (Å²) in [6, 6.07) is 3.94. The van der Waals surface area contributed by atoms with Crippen LogP contribution in [0.4, 0.5) is 0 Å². The zero-order valence-electron chi connectivity index (χ0n) is 14.8. The van der Waals surface area contributed by atoms with Crippen LogP contribution in [0.1, 0.15) is 69.7 Å². The van der Waals surface area contributed by atoms with E-state index in [1.54, 1.807) is 6.20 Å². The summed E-state index contributed by atoms with van der Waals surface area (Å²) < 4.78 is 0. The maximum absolute atomic E-state index is 12.7. The van der Waals surface area contributed by atoms with E-state index in [4.69, 9.17) is 5.73 Å². The van der Waals surface area contributed by atoms with Gasteiger partial charge in [-0.3, -0.25) is 9.78 Å². The first-order valence-electron chi connectivity index (χ1n) is 8.88. The number of rotatable bonds is 6. The second-order valence-corrected chi connectivity index (χ2v) is 7.44. The van der Waals surface area contributed by atoms with Gasteiger partial charge in [-0.2, -0.15) is 0 Å². The molecule has 1 heterocycles. The molecule has 2 rings (SSSR count). The fourth-order valence-electron chi connectivity index (χ4n) is 3.69. The monoisotopic (exact) mass is 317 g/mol. The summed E-state index contributed by atoms with van der Waals surface area (Å²) >= 11 is 0. The van der Waals surface area contributed by atoms with E-state index in [0.717, 1.165) is 24.1 Å². The molecule has 4 heteroatoms. The van der Waals surface area contributed by atoms with Gasteiger partial charge >= 0.3 is 0 Å². The van der Waals surface area contributed by atoms with Gasteiger partial charge < -0.3 is 11.1 Å². The summed E-state index contributed by atoms with van der Waals surface area (Å²) in [6.07, 6.45) is 8.14. The molecule has 23 heavy (non-hydrogen) atoms. The number of hydrogen-bond donors (Lipinski definition) is 2. The molecule has 1 unspecified atom stereocenters. The largest absolute Gasteiger partial charge is 0.347 e. The number of carbonyl (C=O) groups is 1. The first-order valence-corrected chi connectivity index (χ1v) is 8.88. The SMILES string of the molecule is Cc1cccnc1C(NC(=O)CC1(CN)CCCCC1)C(C)C. The van der Waals surface area contributed by atoms with Gasteiger partial charge in [0.1, 0.15) is 0 Å². The summed E-state index contributed by atoms with van der Waals surface area (Å²) in [7, 11) is 0. The molecule has 1 amide bonds. The van der Waals surface area contributed by atoms with Gasteiger partial charge in [0.15, 0.2) is 0 Å². The molecular weight excluding hydrogens is 286 g/mol. The molecule has 1 aliphatic carbocycles. The van der Waals surface area contributed by atoms with Crippen molar-refractivity contribution in [3.05, 3.63) is 29.6 Å². The first kappa shape index (κ1) is 17.9. The Morgan fingerprint density at radius 1 is 1.35 bits per heavy atom. The molecule has 0 saturated heterocycles. The molecule has 0 aliphatic heterocycles. The molecule has 0 aromatic carbocycles. The molecule has 1 atom stereocenters. The number of nitrogens with zero attached hydrogens (tertiary/aromatic N) is 1. The van der Waals surface area contributed by atoms with Gasteiger partial charge in [-0.05, 0) is 49.3 Å². The summed E-state index contributed by atoms with van der Waals surface area (Å²) in [5.41, 5.74) is 8.12. The van der Waals surface area contributed by atoms with Crippen LogP contribution in [-0.4, -0.2) is 17.4 Å². The molecule has 0 radical (unpaired) electrons. The predicted molar refractivity (Wildman–Crippen MR) is 93.9 cm³/mol. The molecule has 1 aliphatic rings. The second-order valence-electron chi connectivity index (χ2n) is 7.44. The van der Waals surface area contributed by atoms with E-state index in [9.17, 15) is 4.79 Å². The number of carbonyl (C=O) groups excluding carboxylic acids is 1. The normalized spacial score (nSPS) is 18.7. The van der Waals surface area contributed by atoms with Gasteiger partial charge in [0, 0.05) is 12.6 Å². The first-order chi connectivity index (χ1) is 11.0. The number of pyridine rings is 1. The molecule has 3 N–H and O–H groups in total. The number of nitrogens with two attached hydrogens (primary N) is 1. The van der Waals surface area contributed by atoms with Gasteiger partial charge in [-0.15, -0.1) is 0 Å². The van der Waals surface area contributed by atoms with Gasteiger partial charge in [-0.25, -0.2) is 0 Å². The molecule has 1 aromatic heterocycles. The van der Waals surface area contributed by atoms with Gasteiger partial charge in [-0.1, -0.05) is 39.2 Å². The predicted octanol–water partition coefficient (Wildman–Crippen LogP) is 3.50. The van der Waals surface area contributed by atoms with Crippen LogP contribution in [-0.2, 0) is 4.79 Å². The molecule has 1 fully saturated rings. The molecule has 1 saturated carbocycles. The summed E-state index contributed by atoms with van der Waals surface area (Å²) in [6.45, 7) is 6.90. The third-order valence-electron chi connectivity index (χ3n) is 5.21. The highest BCUT2D eigenvalue weighted by Gasteiger charge is 2.34. The van der Waals surface area contributed by atoms with Crippen LogP contribution >= 0.6 is 0 Å². The van der Waals surface area contributed by atoms with Crippen molar-refractivity contribution < 1.29 is 4.79 Å². The fraction of sp³-hybridized carbons (Fsp3) is 0.684. The third kappa shape index (κ3) is 4.54. The van der Waals surface area contributed by atoms with Crippen molar-refractivity contribution >= 4 is 5.91 Å². The van der Waals surface area contributed by atoms with Crippen LogP contribution in [0.15, 0.2) is 18.3 Å². The van der Waals surface area contributed by atoms with E-state index in [0.29, 0.717) is 18.9 Å². The van der Waals surface area contributed by atoms with Gasteiger partial charge in [0.05, 0.1) is 11.7 Å². The van der Waals surface area contributed by atoms with E-state index in [2.05, 4.69) is 24.1 Å². The molecule has 0 spiro atoms. The summed E-state index contributed by atoms with van der Waals surface area (Å²) in [5.74, 6) is 0.411. The van der Waals surface area contributed by atoms with E-state index < -0.39 is 0 Å². The number of hydrogen-bond acceptors (Lipinski definition) is 3. The van der Waals surface area contributed by atoms with Crippen LogP contribution in [0.25, 0.3) is 0 Å². The third-order valence-corrected chi connectivity index (χ3v) is 5.21. The van der Waals surface area contributed by atoms with Crippen LogP contribution in [0, 0.1) is 18.3 Å². The second kappa shape index (κ2) is 7.91. The lowest BCUT2D eigenvalue weighted by Crippen LogP contribution is -2.40. The van der Waals surface area contributed by atoms with E-state index in [-0.39, 0.29) is 17.4 Å². The van der Waals surface area contributed by atoms with Crippen LogP contribution in [0.5, 0.6) is 0 Å². The van der Waals surface area contributed by atoms with E-state index in [1.165, 1.54) is 19.3 Å². The number of aromatic nitrogens is 1. The van der Waals surface area contributed by atoms with Crippen LogP contribution < -0.4 is 11.1 Å². The Morgan fingerprint density at radius 3 is 2.61 bits per heavy atom. The van der Waals surface area contributed by atoms with Crippen molar-refractivity contribution in [1.82, 2.24) is 10.3 Å². The minimum absolute atomic E-state index is 0.00300. The quantitative estimate of drug-likeness (QED) is 0.843. The minimum Gasteiger partial charge on any atom is -0.347 e. The van der Waals surface area contributed by atoms with Crippen LogP contribution in [0.3, 0.4) is 0 Å². The summed E-state index contributed by atoms with van der Waals surface area (Å²) in [5, 5.41) is 3.22. The Morgan fingerprint density at radius 2 is 2.04 bits per heavy atom. The van der Waals surface area contributed by atoms with Crippen molar-refractivity contribution in [2.75, 3.05) is 6.54 Å². The lowest BCUT2D eigenvalue weighted by Gasteiger charge is -2.36. The maximum atomic E-state index is 12.7. The van der Waals surface area contributed by atoms with E-state index in [1.807, 2.05) is 19.1 Å². The Bertz CT molecular complexity index is 521. The average Bonchev–Trinajstić information content (AvgIpc) is 2.54. The Balaban J connectivity index is 2.08. The zero-order chi connectivity index (χ0) is 16.9. The number of nitrogens with one attached hydrogen (secondary N) is 1. The molecule has 4 nitrogen and oxygen atoms in total. The molecule has 1 aromatic rings. The number of aryl methyl sites for hydroxylation is 1. The lowest BCUT2D eigenvalue weighted by molar-refractivity contribution is -0.125. The Kier molecular flexibility index (Phi) is 6.17. The lowest BCUT2D eigenvalue weighted by atomic mass is 9.71. The minimum atomic E-state index is -0.0397. The highest BCUT2D eigenvalue weighted by atomic mass is 16.1. The highest BCUT2D eigenvalue weighted by molar-refractivity contribution is 5.77. The van der Waals surface area contributed by atoms with E-state index >= 15 is 0 Å². The summed E-state index contributed by atoms with van der Waals surface area (Å²) in [4.78, 5) is 17.2. The Hall–Kier alpha value is -1.42. The molecule has 128 valence electrons.